The highest BCUT2D eigenvalue weighted by Gasteiger charge is 2.29. The molecule has 3 aromatic carbocycles. The summed E-state index contributed by atoms with van der Waals surface area (Å²) in [6.07, 6.45) is -2.97. The van der Waals surface area contributed by atoms with E-state index in [2.05, 4.69) is 29.6 Å². The van der Waals surface area contributed by atoms with E-state index in [1.54, 1.807) is 19.2 Å². The Hall–Kier alpha value is -3.35. The molecule has 0 saturated carbocycles. The number of hydrogen-bond acceptors (Lipinski definition) is 5. The Morgan fingerprint density at radius 1 is 0.970 bits per heavy atom. The molecule has 0 aromatic heterocycles. The molecule has 1 aliphatic carbocycles. The number of rotatable bonds is 7. The molecule has 6 nitrogen and oxygen atoms in total. The van der Waals surface area contributed by atoms with Crippen molar-refractivity contribution >= 4 is 6.09 Å². The van der Waals surface area contributed by atoms with Crippen molar-refractivity contribution in [1.82, 2.24) is 5.32 Å². The monoisotopic (exact) mass is 447 g/mol. The van der Waals surface area contributed by atoms with Crippen LogP contribution in [0.1, 0.15) is 39.8 Å². The Kier molecular flexibility index (Phi) is 6.67. The number of methoxy groups -OCH3 is 1. The average Bonchev–Trinajstić information content (AvgIpc) is 3.14. The maximum Gasteiger partial charge on any atom is 0.407 e. The Bertz CT molecular complexity index is 1090. The van der Waals surface area contributed by atoms with Gasteiger partial charge in [0.1, 0.15) is 24.6 Å². The molecule has 0 aliphatic heterocycles. The van der Waals surface area contributed by atoms with Gasteiger partial charge < -0.3 is 25.0 Å². The predicted octanol–water partition coefficient (Wildman–Crippen LogP) is 4.25. The number of amides is 1. The molecule has 2 unspecified atom stereocenters. The molecule has 6 heteroatoms. The molecule has 33 heavy (non-hydrogen) atoms. The lowest BCUT2D eigenvalue weighted by atomic mass is 9.98. The van der Waals surface area contributed by atoms with E-state index in [1.165, 1.54) is 0 Å². The molecule has 0 radical (unpaired) electrons. The molecule has 3 aromatic rings. The number of carbonyl (C=O) groups excluding carboxylic acids is 1. The lowest BCUT2D eigenvalue weighted by Crippen LogP contribution is -2.36. The van der Waals surface area contributed by atoms with Gasteiger partial charge in [-0.25, -0.2) is 4.79 Å². The molecular formula is C27H29NO5. The van der Waals surface area contributed by atoms with Crippen LogP contribution in [0.3, 0.4) is 0 Å². The van der Waals surface area contributed by atoms with Crippen molar-refractivity contribution in [1.29, 1.82) is 0 Å². The molecule has 0 spiro atoms. The highest BCUT2D eigenvalue weighted by atomic mass is 16.5. The first-order chi connectivity index (χ1) is 15.9. The van der Waals surface area contributed by atoms with Crippen molar-refractivity contribution in [3.63, 3.8) is 0 Å². The van der Waals surface area contributed by atoms with Gasteiger partial charge in [-0.3, -0.25) is 0 Å². The zero-order chi connectivity index (χ0) is 23.5. The third-order valence-corrected chi connectivity index (χ3v) is 6.19. The number of carbonyl (C=O) groups is 1. The Balaban J connectivity index is 1.35. The minimum atomic E-state index is -1.18. The second-order valence-corrected chi connectivity index (χ2v) is 8.41. The number of benzene rings is 3. The summed E-state index contributed by atoms with van der Waals surface area (Å²) in [6, 6.07) is 19.8. The third kappa shape index (κ3) is 4.58. The molecule has 0 saturated heterocycles. The van der Waals surface area contributed by atoms with Crippen molar-refractivity contribution in [2.45, 2.75) is 32.0 Å². The molecule has 172 valence electrons. The Labute approximate surface area is 193 Å². The third-order valence-electron chi connectivity index (χ3n) is 6.19. The zero-order valence-electron chi connectivity index (χ0n) is 19.0. The van der Waals surface area contributed by atoms with Crippen LogP contribution in [0, 0.1) is 13.8 Å². The maximum absolute atomic E-state index is 12.3. The number of hydrogen-bond donors (Lipinski definition) is 3. The number of nitrogens with one attached hydrogen (secondary N) is 1. The summed E-state index contributed by atoms with van der Waals surface area (Å²) in [6.45, 7) is 3.81. The van der Waals surface area contributed by atoms with Crippen LogP contribution in [0.4, 0.5) is 4.79 Å². The van der Waals surface area contributed by atoms with Gasteiger partial charge in [-0.05, 0) is 64.9 Å². The van der Waals surface area contributed by atoms with Crippen molar-refractivity contribution in [2.75, 3.05) is 20.3 Å². The smallest absolute Gasteiger partial charge is 0.407 e. The molecular weight excluding hydrogens is 418 g/mol. The molecule has 1 amide bonds. The fourth-order valence-corrected chi connectivity index (χ4v) is 4.65. The van der Waals surface area contributed by atoms with E-state index in [0.29, 0.717) is 5.56 Å². The SMILES string of the molecule is COc1c(C)cc(C(O)C(O)CNC(=O)OCC2c3ccccc3-c3ccccc32)cc1C. The van der Waals surface area contributed by atoms with Gasteiger partial charge in [-0.15, -0.1) is 0 Å². The lowest BCUT2D eigenvalue weighted by molar-refractivity contribution is 0.0184. The van der Waals surface area contributed by atoms with E-state index in [9.17, 15) is 15.0 Å². The minimum Gasteiger partial charge on any atom is -0.496 e. The first kappa shape index (κ1) is 22.8. The Morgan fingerprint density at radius 2 is 1.52 bits per heavy atom. The van der Waals surface area contributed by atoms with Gasteiger partial charge in [0.05, 0.1) is 7.11 Å². The van der Waals surface area contributed by atoms with Crippen LogP contribution in [0.5, 0.6) is 5.75 Å². The van der Waals surface area contributed by atoms with Crippen molar-refractivity contribution in [3.05, 3.63) is 88.5 Å². The van der Waals surface area contributed by atoms with Crippen molar-refractivity contribution < 1.29 is 24.5 Å². The number of ether oxygens (including phenoxy) is 2. The fraction of sp³-hybridized carbons (Fsp3) is 0.296. The highest BCUT2D eigenvalue weighted by Crippen LogP contribution is 2.44. The Morgan fingerprint density at radius 3 is 2.06 bits per heavy atom. The van der Waals surface area contributed by atoms with Crippen LogP contribution in [0.15, 0.2) is 60.7 Å². The average molecular weight is 448 g/mol. The predicted molar refractivity (Wildman–Crippen MR) is 127 cm³/mol. The minimum absolute atomic E-state index is 0.0380. The van der Waals surface area contributed by atoms with Gasteiger partial charge >= 0.3 is 6.09 Å². The molecule has 4 rings (SSSR count). The number of aliphatic hydroxyl groups is 2. The molecule has 0 bridgehead atoms. The number of fused-ring (bicyclic) bond motifs is 3. The van der Waals surface area contributed by atoms with Crippen LogP contribution >= 0.6 is 0 Å². The van der Waals surface area contributed by atoms with E-state index in [-0.39, 0.29) is 19.1 Å². The second-order valence-electron chi connectivity index (χ2n) is 8.41. The molecule has 0 fully saturated rings. The largest absolute Gasteiger partial charge is 0.496 e. The number of aliphatic hydroxyl groups excluding tert-OH is 2. The topological polar surface area (TPSA) is 88.0 Å². The van der Waals surface area contributed by atoms with E-state index < -0.39 is 18.3 Å². The molecule has 1 aliphatic rings. The first-order valence-electron chi connectivity index (χ1n) is 11.0. The van der Waals surface area contributed by atoms with Gasteiger partial charge in [-0.1, -0.05) is 48.5 Å². The number of aryl methyl sites for hydroxylation is 2. The van der Waals surface area contributed by atoms with Gasteiger partial charge in [0.15, 0.2) is 0 Å². The van der Waals surface area contributed by atoms with Gasteiger partial charge in [0.25, 0.3) is 0 Å². The quantitative estimate of drug-likeness (QED) is 0.504. The maximum atomic E-state index is 12.3. The summed E-state index contributed by atoms with van der Waals surface area (Å²) in [5.74, 6) is 0.709. The van der Waals surface area contributed by atoms with Crippen LogP contribution in [-0.2, 0) is 4.74 Å². The standard InChI is InChI=1S/C27H29NO5/c1-16-12-18(13-17(2)26(16)32-3)25(30)24(29)14-28-27(31)33-15-23-21-10-6-4-8-19(21)20-9-5-7-11-22(20)23/h4-13,23-25,29-30H,14-15H2,1-3H3,(H,28,31). The lowest BCUT2D eigenvalue weighted by Gasteiger charge is -2.21. The van der Waals surface area contributed by atoms with E-state index in [1.807, 2.05) is 38.1 Å². The van der Waals surface area contributed by atoms with Crippen molar-refractivity contribution in [2.24, 2.45) is 0 Å². The summed E-state index contributed by atoms with van der Waals surface area (Å²) in [4.78, 5) is 12.3. The van der Waals surface area contributed by atoms with Crippen molar-refractivity contribution in [3.8, 4) is 16.9 Å². The van der Waals surface area contributed by atoms with Gasteiger partial charge in [-0.2, -0.15) is 0 Å². The van der Waals surface area contributed by atoms with Crippen LogP contribution in [-0.4, -0.2) is 42.7 Å². The summed E-state index contributed by atoms with van der Waals surface area (Å²) < 4.78 is 10.8. The molecule has 0 heterocycles. The highest BCUT2D eigenvalue weighted by molar-refractivity contribution is 5.79. The normalized spacial score (nSPS) is 14.2. The first-order valence-corrected chi connectivity index (χ1v) is 11.0. The number of alkyl carbamates (subject to hydrolysis) is 1. The summed E-state index contributed by atoms with van der Waals surface area (Å²) in [5.41, 5.74) is 6.87. The molecule has 2 atom stereocenters. The fourth-order valence-electron chi connectivity index (χ4n) is 4.65. The molecule has 3 N–H and O–H groups in total. The van der Waals surface area contributed by atoms with Gasteiger partial charge in [0.2, 0.25) is 0 Å². The summed E-state index contributed by atoms with van der Waals surface area (Å²) in [5, 5.41) is 23.5. The van der Waals surface area contributed by atoms with Crippen LogP contribution < -0.4 is 10.1 Å². The zero-order valence-corrected chi connectivity index (χ0v) is 19.0. The van der Waals surface area contributed by atoms with E-state index >= 15 is 0 Å². The van der Waals surface area contributed by atoms with E-state index in [4.69, 9.17) is 9.47 Å². The van der Waals surface area contributed by atoms with Crippen LogP contribution in [0.25, 0.3) is 11.1 Å². The van der Waals surface area contributed by atoms with Crippen LogP contribution in [0.2, 0.25) is 0 Å². The summed E-state index contributed by atoms with van der Waals surface area (Å²) >= 11 is 0. The van der Waals surface area contributed by atoms with Gasteiger partial charge in [0, 0.05) is 12.5 Å². The van der Waals surface area contributed by atoms with E-state index in [0.717, 1.165) is 39.1 Å². The second kappa shape index (κ2) is 9.65. The summed E-state index contributed by atoms with van der Waals surface area (Å²) in [7, 11) is 1.60.